The second-order valence-corrected chi connectivity index (χ2v) is 7.59. The first kappa shape index (κ1) is 19.5. The zero-order chi connectivity index (χ0) is 20.4. The normalized spacial score (nSPS) is 17.5. The van der Waals surface area contributed by atoms with Crippen molar-refractivity contribution in [1.82, 2.24) is 14.8 Å². The Balaban J connectivity index is 1.64. The van der Waals surface area contributed by atoms with Crippen LogP contribution in [0, 0.1) is 0 Å². The molecule has 29 heavy (non-hydrogen) atoms. The molecule has 0 unspecified atom stereocenters. The summed E-state index contributed by atoms with van der Waals surface area (Å²) in [7, 11) is 0. The van der Waals surface area contributed by atoms with E-state index in [0.29, 0.717) is 35.9 Å². The lowest BCUT2D eigenvalue weighted by molar-refractivity contribution is -0.137. The van der Waals surface area contributed by atoms with E-state index >= 15 is 0 Å². The minimum absolute atomic E-state index is 0.201. The van der Waals surface area contributed by atoms with E-state index in [1.54, 1.807) is 18.3 Å². The fourth-order valence-corrected chi connectivity index (χ4v) is 3.99. The molecule has 1 fully saturated rings. The van der Waals surface area contributed by atoms with Crippen molar-refractivity contribution in [2.75, 3.05) is 37.6 Å². The Morgan fingerprint density at radius 3 is 2.24 bits per heavy atom. The number of carbonyl (C=O) groups is 2. The zero-order valence-electron chi connectivity index (χ0n) is 16.3. The molecule has 2 aliphatic heterocycles. The van der Waals surface area contributed by atoms with Crippen LogP contribution in [0.15, 0.2) is 54.4 Å². The molecule has 0 bridgehead atoms. The number of rotatable bonds is 5. The van der Waals surface area contributed by atoms with Gasteiger partial charge in [-0.1, -0.05) is 36.7 Å². The summed E-state index contributed by atoms with van der Waals surface area (Å²) in [5.74, 6) is 0.509. The molecule has 0 spiro atoms. The van der Waals surface area contributed by atoms with Crippen LogP contribution >= 0.6 is 11.6 Å². The van der Waals surface area contributed by atoms with Crippen LogP contribution in [0.25, 0.3) is 5.57 Å². The number of anilines is 1. The van der Waals surface area contributed by atoms with E-state index in [0.717, 1.165) is 30.9 Å². The van der Waals surface area contributed by atoms with E-state index in [1.165, 1.54) is 4.90 Å². The average molecular weight is 411 g/mol. The van der Waals surface area contributed by atoms with Crippen LogP contribution in [0.3, 0.4) is 0 Å². The highest BCUT2D eigenvalue weighted by atomic mass is 35.5. The first-order valence-electron chi connectivity index (χ1n) is 9.87. The molecule has 1 saturated heterocycles. The van der Waals surface area contributed by atoms with Crippen LogP contribution in [0.1, 0.15) is 18.9 Å². The van der Waals surface area contributed by atoms with Crippen LogP contribution in [0.2, 0.25) is 5.02 Å². The zero-order valence-corrected chi connectivity index (χ0v) is 17.1. The number of nitrogens with zero attached hydrogens (tertiary/aromatic N) is 4. The van der Waals surface area contributed by atoms with Gasteiger partial charge in [-0.05, 0) is 36.2 Å². The smallest absolute Gasteiger partial charge is 0.277 e. The SMILES string of the molecule is CCCN1C(=O)C(c2ccc(Cl)cc2)=C(N2CCN(c3ccccn3)CC2)C1=O. The molecule has 2 aliphatic rings. The topological polar surface area (TPSA) is 56.8 Å². The average Bonchev–Trinajstić information content (AvgIpc) is 3.00. The monoisotopic (exact) mass is 410 g/mol. The van der Waals surface area contributed by atoms with Gasteiger partial charge in [0.1, 0.15) is 11.5 Å². The summed E-state index contributed by atoms with van der Waals surface area (Å²) in [6.45, 7) is 5.18. The van der Waals surface area contributed by atoms with Gasteiger partial charge in [-0.15, -0.1) is 0 Å². The molecule has 1 aromatic heterocycles. The highest BCUT2D eigenvalue weighted by molar-refractivity contribution is 6.36. The Morgan fingerprint density at radius 1 is 0.931 bits per heavy atom. The van der Waals surface area contributed by atoms with Gasteiger partial charge in [0.25, 0.3) is 11.8 Å². The van der Waals surface area contributed by atoms with Crippen molar-refractivity contribution in [3.8, 4) is 0 Å². The lowest BCUT2D eigenvalue weighted by atomic mass is 10.0. The highest BCUT2D eigenvalue weighted by Gasteiger charge is 2.41. The fraction of sp³-hybridized carbons (Fsp3) is 0.318. The summed E-state index contributed by atoms with van der Waals surface area (Å²) in [4.78, 5) is 36.3. The van der Waals surface area contributed by atoms with Gasteiger partial charge >= 0.3 is 0 Å². The van der Waals surface area contributed by atoms with Gasteiger partial charge < -0.3 is 9.80 Å². The first-order valence-corrected chi connectivity index (χ1v) is 10.2. The van der Waals surface area contributed by atoms with Crippen molar-refractivity contribution in [3.05, 3.63) is 64.9 Å². The van der Waals surface area contributed by atoms with Crippen LogP contribution in [-0.2, 0) is 9.59 Å². The van der Waals surface area contributed by atoms with Crippen molar-refractivity contribution in [1.29, 1.82) is 0 Å². The number of piperazine rings is 1. The maximum absolute atomic E-state index is 13.2. The molecule has 0 saturated carbocycles. The van der Waals surface area contributed by atoms with Gasteiger partial charge in [-0.25, -0.2) is 4.98 Å². The van der Waals surface area contributed by atoms with Crippen molar-refractivity contribution in [2.45, 2.75) is 13.3 Å². The van der Waals surface area contributed by atoms with Crippen LogP contribution < -0.4 is 4.90 Å². The Hall–Kier alpha value is -2.86. The molecular weight excluding hydrogens is 388 g/mol. The van der Waals surface area contributed by atoms with Crippen molar-refractivity contribution in [2.24, 2.45) is 0 Å². The van der Waals surface area contributed by atoms with E-state index in [1.807, 2.05) is 42.2 Å². The molecule has 2 aromatic rings. The Kier molecular flexibility index (Phi) is 5.53. The Bertz CT molecular complexity index is 935. The number of aromatic nitrogens is 1. The fourth-order valence-electron chi connectivity index (χ4n) is 3.86. The lowest BCUT2D eigenvalue weighted by Crippen LogP contribution is -2.48. The van der Waals surface area contributed by atoms with Gasteiger partial charge in [0.15, 0.2) is 0 Å². The third-order valence-corrected chi connectivity index (χ3v) is 5.54. The lowest BCUT2D eigenvalue weighted by Gasteiger charge is -2.37. The van der Waals surface area contributed by atoms with E-state index in [2.05, 4.69) is 9.88 Å². The molecule has 0 radical (unpaired) electrons. The molecule has 150 valence electrons. The maximum atomic E-state index is 13.2. The summed E-state index contributed by atoms with van der Waals surface area (Å²) in [5.41, 5.74) is 1.71. The van der Waals surface area contributed by atoms with E-state index < -0.39 is 0 Å². The Morgan fingerprint density at radius 2 is 1.62 bits per heavy atom. The summed E-state index contributed by atoms with van der Waals surface area (Å²) in [5, 5.41) is 0.599. The molecule has 0 N–H and O–H groups in total. The van der Waals surface area contributed by atoms with Gasteiger partial charge in [-0.2, -0.15) is 0 Å². The van der Waals surface area contributed by atoms with Gasteiger partial charge in [-0.3, -0.25) is 14.5 Å². The minimum atomic E-state index is -0.221. The maximum Gasteiger partial charge on any atom is 0.277 e. The molecule has 1 aromatic carbocycles. The molecule has 2 amide bonds. The molecular formula is C22H23ClN4O2. The van der Waals surface area contributed by atoms with Crippen molar-refractivity contribution in [3.63, 3.8) is 0 Å². The van der Waals surface area contributed by atoms with E-state index in [9.17, 15) is 9.59 Å². The number of halogens is 1. The number of imide groups is 1. The number of pyridine rings is 1. The summed E-state index contributed by atoms with van der Waals surface area (Å²) < 4.78 is 0. The van der Waals surface area contributed by atoms with Crippen LogP contribution in [0.4, 0.5) is 5.82 Å². The second-order valence-electron chi connectivity index (χ2n) is 7.15. The number of amides is 2. The quantitative estimate of drug-likeness (QED) is 0.709. The summed E-state index contributed by atoms with van der Waals surface area (Å²) >= 11 is 6.02. The number of carbonyl (C=O) groups excluding carboxylic acids is 2. The van der Waals surface area contributed by atoms with E-state index in [-0.39, 0.29) is 11.8 Å². The van der Waals surface area contributed by atoms with Gasteiger partial charge in [0.2, 0.25) is 0 Å². The van der Waals surface area contributed by atoms with E-state index in [4.69, 9.17) is 11.6 Å². The largest absolute Gasteiger partial charge is 0.363 e. The molecule has 0 atom stereocenters. The third-order valence-electron chi connectivity index (χ3n) is 5.29. The standard InChI is InChI=1S/C22H23ClN4O2/c1-2-11-27-21(28)19(16-6-8-17(23)9-7-16)20(22(27)29)26-14-12-25(13-15-26)18-5-3-4-10-24-18/h3-10H,2,11-15H2,1H3. The van der Waals surface area contributed by atoms with Crippen LogP contribution in [-0.4, -0.2) is 59.3 Å². The first-order chi connectivity index (χ1) is 14.1. The Labute approximate surface area is 175 Å². The van der Waals surface area contributed by atoms with Gasteiger partial charge in [0.05, 0.1) is 5.57 Å². The molecule has 0 aliphatic carbocycles. The minimum Gasteiger partial charge on any atom is -0.363 e. The summed E-state index contributed by atoms with van der Waals surface area (Å²) in [6.07, 6.45) is 2.51. The third kappa shape index (κ3) is 3.72. The van der Waals surface area contributed by atoms with Gasteiger partial charge in [0, 0.05) is 43.9 Å². The molecule has 4 rings (SSSR count). The number of hydrogen-bond donors (Lipinski definition) is 0. The predicted octanol–water partition coefficient (Wildman–Crippen LogP) is 3.05. The predicted molar refractivity (Wildman–Crippen MR) is 113 cm³/mol. The van der Waals surface area contributed by atoms with Crippen LogP contribution in [0.5, 0.6) is 0 Å². The number of benzene rings is 1. The highest BCUT2D eigenvalue weighted by Crippen LogP contribution is 2.33. The van der Waals surface area contributed by atoms with Crippen molar-refractivity contribution >= 4 is 34.8 Å². The second kappa shape index (κ2) is 8.25. The van der Waals surface area contributed by atoms with Crippen molar-refractivity contribution < 1.29 is 9.59 Å². The molecule has 6 nitrogen and oxygen atoms in total. The number of hydrogen-bond acceptors (Lipinski definition) is 5. The summed E-state index contributed by atoms with van der Waals surface area (Å²) in [6, 6.07) is 13.0. The molecule has 3 heterocycles. The molecule has 7 heteroatoms.